The summed E-state index contributed by atoms with van der Waals surface area (Å²) in [6.45, 7) is 3.75. The predicted octanol–water partition coefficient (Wildman–Crippen LogP) is 2.35. The highest BCUT2D eigenvalue weighted by Crippen LogP contribution is 2.15. The first-order valence-corrected chi connectivity index (χ1v) is 7.08. The van der Waals surface area contributed by atoms with E-state index in [1.807, 2.05) is 25.2 Å². The minimum atomic E-state index is 0.0863. The van der Waals surface area contributed by atoms with Gasteiger partial charge in [0, 0.05) is 6.54 Å². The predicted molar refractivity (Wildman–Crippen MR) is 83.8 cm³/mol. The molecule has 0 aliphatic heterocycles. The fourth-order valence-corrected chi connectivity index (χ4v) is 2.31. The molecular formula is C17H22N2O. The summed E-state index contributed by atoms with van der Waals surface area (Å²) in [6, 6.07) is 14.4. The molecule has 20 heavy (non-hydrogen) atoms. The molecule has 106 valence electrons. The van der Waals surface area contributed by atoms with Crippen molar-refractivity contribution in [2.24, 2.45) is 5.92 Å². The Morgan fingerprint density at radius 3 is 2.60 bits per heavy atom. The number of nitrogens with one attached hydrogen (secondary N) is 2. The van der Waals surface area contributed by atoms with Gasteiger partial charge in [-0.3, -0.25) is 4.79 Å². The molecule has 1 unspecified atom stereocenters. The van der Waals surface area contributed by atoms with Gasteiger partial charge in [-0.15, -0.1) is 0 Å². The normalized spacial score (nSPS) is 12.3. The third-order valence-electron chi connectivity index (χ3n) is 3.38. The van der Waals surface area contributed by atoms with Crippen molar-refractivity contribution >= 4 is 16.7 Å². The summed E-state index contributed by atoms with van der Waals surface area (Å²) < 4.78 is 0. The lowest BCUT2D eigenvalue weighted by Gasteiger charge is -2.12. The molecule has 1 amide bonds. The van der Waals surface area contributed by atoms with Gasteiger partial charge in [-0.25, -0.2) is 0 Å². The standard InChI is InChI=1S/C17H22N2O/c1-13(11-18-2)12-19-17(20)10-14-7-8-15-5-3-4-6-16(15)9-14/h3-9,13,18H,10-12H2,1-2H3,(H,19,20). The van der Waals surface area contributed by atoms with Crippen molar-refractivity contribution in [3.05, 3.63) is 48.0 Å². The Labute approximate surface area is 120 Å². The number of carbonyl (C=O) groups is 1. The Morgan fingerprint density at radius 1 is 1.10 bits per heavy atom. The quantitative estimate of drug-likeness (QED) is 0.846. The average Bonchev–Trinajstić information content (AvgIpc) is 2.45. The zero-order valence-electron chi connectivity index (χ0n) is 12.1. The van der Waals surface area contributed by atoms with Crippen LogP contribution in [0.25, 0.3) is 10.8 Å². The number of amides is 1. The monoisotopic (exact) mass is 270 g/mol. The molecule has 0 bridgehead atoms. The van der Waals surface area contributed by atoms with Crippen LogP contribution in [-0.4, -0.2) is 26.0 Å². The van der Waals surface area contributed by atoms with Crippen LogP contribution in [0.3, 0.4) is 0 Å². The summed E-state index contributed by atoms with van der Waals surface area (Å²) in [4.78, 5) is 11.9. The van der Waals surface area contributed by atoms with E-state index < -0.39 is 0 Å². The highest BCUT2D eigenvalue weighted by molar-refractivity contribution is 5.85. The zero-order valence-corrected chi connectivity index (χ0v) is 12.1. The van der Waals surface area contributed by atoms with Gasteiger partial charge in [0.2, 0.25) is 5.91 Å². The van der Waals surface area contributed by atoms with Gasteiger partial charge < -0.3 is 10.6 Å². The number of fused-ring (bicyclic) bond motifs is 1. The number of benzene rings is 2. The molecule has 1 atom stereocenters. The Bertz CT molecular complexity index is 580. The van der Waals surface area contributed by atoms with Crippen molar-refractivity contribution in [2.75, 3.05) is 20.1 Å². The van der Waals surface area contributed by atoms with Crippen LogP contribution < -0.4 is 10.6 Å². The number of hydrogen-bond acceptors (Lipinski definition) is 2. The molecule has 0 fully saturated rings. The Kier molecular flexibility index (Phi) is 5.13. The van der Waals surface area contributed by atoms with E-state index in [1.54, 1.807) is 0 Å². The van der Waals surface area contributed by atoms with E-state index in [4.69, 9.17) is 0 Å². The first-order chi connectivity index (χ1) is 9.69. The van der Waals surface area contributed by atoms with Crippen molar-refractivity contribution in [1.29, 1.82) is 0 Å². The summed E-state index contributed by atoms with van der Waals surface area (Å²) >= 11 is 0. The van der Waals surface area contributed by atoms with Crippen LogP contribution in [0, 0.1) is 5.92 Å². The molecule has 0 heterocycles. The molecule has 2 aromatic carbocycles. The lowest BCUT2D eigenvalue weighted by Crippen LogP contribution is -2.33. The van der Waals surface area contributed by atoms with Crippen LogP contribution in [0.5, 0.6) is 0 Å². The maximum atomic E-state index is 11.9. The van der Waals surface area contributed by atoms with Crippen molar-refractivity contribution in [2.45, 2.75) is 13.3 Å². The summed E-state index contributed by atoms with van der Waals surface area (Å²) in [7, 11) is 1.92. The molecule has 2 aromatic rings. The van der Waals surface area contributed by atoms with Gasteiger partial charge in [-0.05, 0) is 35.8 Å². The third kappa shape index (κ3) is 4.07. The lowest BCUT2D eigenvalue weighted by atomic mass is 10.0. The number of rotatable bonds is 6. The average molecular weight is 270 g/mol. The minimum Gasteiger partial charge on any atom is -0.355 e. The summed E-state index contributed by atoms with van der Waals surface area (Å²) in [5.74, 6) is 0.531. The Morgan fingerprint density at radius 2 is 1.85 bits per heavy atom. The Hall–Kier alpha value is -1.87. The zero-order chi connectivity index (χ0) is 14.4. The first kappa shape index (κ1) is 14.5. The van der Waals surface area contributed by atoms with Gasteiger partial charge in [-0.1, -0.05) is 49.4 Å². The van der Waals surface area contributed by atoms with Crippen LogP contribution in [0.1, 0.15) is 12.5 Å². The molecule has 2 rings (SSSR count). The van der Waals surface area contributed by atoms with Gasteiger partial charge >= 0.3 is 0 Å². The molecule has 0 saturated heterocycles. The first-order valence-electron chi connectivity index (χ1n) is 7.08. The summed E-state index contributed by atoms with van der Waals surface area (Å²) in [5, 5.41) is 8.48. The van der Waals surface area contributed by atoms with Crippen molar-refractivity contribution in [3.8, 4) is 0 Å². The Balaban J connectivity index is 1.92. The van der Waals surface area contributed by atoms with Gasteiger partial charge in [-0.2, -0.15) is 0 Å². The van der Waals surface area contributed by atoms with Gasteiger partial charge in [0.05, 0.1) is 6.42 Å². The summed E-state index contributed by atoms with van der Waals surface area (Å²) in [5.41, 5.74) is 1.06. The maximum absolute atomic E-state index is 11.9. The molecule has 0 aliphatic carbocycles. The second-order valence-electron chi connectivity index (χ2n) is 5.33. The number of hydrogen-bond donors (Lipinski definition) is 2. The number of carbonyl (C=O) groups excluding carboxylic acids is 1. The van der Waals surface area contributed by atoms with E-state index in [-0.39, 0.29) is 5.91 Å². The molecule has 0 radical (unpaired) electrons. The van der Waals surface area contributed by atoms with E-state index in [1.165, 1.54) is 10.8 Å². The van der Waals surface area contributed by atoms with Crippen LogP contribution in [0.15, 0.2) is 42.5 Å². The van der Waals surface area contributed by atoms with Crippen molar-refractivity contribution < 1.29 is 4.79 Å². The largest absolute Gasteiger partial charge is 0.355 e. The van der Waals surface area contributed by atoms with Crippen molar-refractivity contribution in [1.82, 2.24) is 10.6 Å². The van der Waals surface area contributed by atoms with Crippen molar-refractivity contribution in [3.63, 3.8) is 0 Å². The second-order valence-corrected chi connectivity index (χ2v) is 5.33. The fraction of sp³-hybridized carbons (Fsp3) is 0.353. The topological polar surface area (TPSA) is 41.1 Å². The smallest absolute Gasteiger partial charge is 0.224 e. The molecule has 2 N–H and O–H groups in total. The fourth-order valence-electron chi connectivity index (χ4n) is 2.31. The highest BCUT2D eigenvalue weighted by atomic mass is 16.1. The van der Waals surface area contributed by atoms with Crippen LogP contribution >= 0.6 is 0 Å². The van der Waals surface area contributed by atoms with Crippen LogP contribution in [0.2, 0.25) is 0 Å². The maximum Gasteiger partial charge on any atom is 0.224 e. The van der Waals surface area contributed by atoms with Gasteiger partial charge in [0.15, 0.2) is 0 Å². The van der Waals surface area contributed by atoms with Gasteiger partial charge in [0.25, 0.3) is 0 Å². The van der Waals surface area contributed by atoms with Crippen LogP contribution in [-0.2, 0) is 11.2 Å². The summed E-state index contributed by atoms with van der Waals surface area (Å²) in [6.07, 6.45) is 0.442. The van der Waals surface area contributed by atoms with E-state index in [9.17, 15) is 4.79 Å². The molecule has 0 aromatic heterocycles. The molecule has 0 spiro atoms. The molecular weight excluding hydrogens is 248 g/mol. The highest BCUT2D eigenvalue weighted by Gasteiger charge is 2.06. The molecule has 0 saturated carbocycles. The van der Waals surface area contributed by atoms with E-state index in [0.717, 1.165) is 12.1 Å². The lowest BCUT2D eigenvalue weighted by molar-refractivity contribution is -0.120. The molecule has 0 aliphatic rings. The molecule has 3 nitrogen and oxygen atoms in total. The minimum absolute atomic E-state index is 0.0863. The van der Waals surface area contributed by atoms with E-state index in [0.29, 0.717) is 18.9 Å². The second kappa shape index (κ2) is 7.06. The molecule has 3 heteroatoms. The van der Waals surface area contributed by atoms with E-state index >= 15 is 0 Å². The van der Waals surface area contributed by atoms with Gasteiger partial charge in [0.1, 0.15) is 0 Å². The SMILES string of the molecule is CNCC(C)CNC(=O)Cc1ccc2ccccc2c1. The van der Waals surface area contributed by atoms with Crippen LogP contribution in [0.4, 0.5) is 0 Å². The third-order valence-corrected chi connectivity index (χ3v) is 3.38. The van der Waals surface area contributed by atoms with E-state index in [2.05, 4.69) is 41.8 Å².